The minimum absolute atomic E-state index is 0.0331. The smallest absolute Gasteiger partial charge is 0.223 e. The van der Waals surface area contributed by atoms with Crippen molar-refractivity contribution >= 4 is 11.7 Å². The third-order valence-corrected chi connectivity index (χ3v) is 5.27. The first-order valence-electron chi connectivity index (χ1n) is 9.54. The van der Waals surface area contributed by atoms with Gasteiger partial charge in [0.25, 0.3) is 0 Å². The number of carbonyl (C=O) groups excluding carboxylic acids is 1. The van der Waals surface area contributed by atoms with Crippen LogP contribution in [0, 0.1) is 31.1 Å². The highest BCUT2D eigenvalue weighted by molar-refractivity contribution is 5.80. The van der Waals surface area contributed by atoms with E-state index in [9.17, 15) is 10.1 Å². The number of anilines is 1. The number of carbonyl (C=O) groups is 1. The fourth-order valence-electron chi connectivity index (χ4n) is 4.12. The highest BCUT2D eigenvalue weighted by atomic mass is 16.2. The number of rotatable bonds is 4. The average Bonchev–Trinajstić information content (AvgIpc) is 3.15. The number of aryl methyl sites for hydroxylation is 3. The number of hydrogen-bond donors (Lipinski definition) is 1. The predicted octanol–water partition coefficient (Wildman–Crippen LogP) is 3.10. The number of nitrogens with one attached hydrogen (secondary N) is 1. The lowest BCUT2D eigenvalue weighted by atomic mass is 9.93. The molecule has 1 saturated heterocycles. The van der Waals surface area contributed by atoms with E-state index < -0.39 is 0 Å². The quantitative estimate of drug-likeness (QED) is 0.881. The molecule has 3 heterocycles. The van der Waals surface area contributed by atoms with Crippen molar-refractivity contribution in [3.05, 3.63) is 40.8 Å². The van der Waals surface area contributed by atoms with Crippen LogP contribution in [-0.4, -0.2) is 37.7 Å². The molecule has 2 atom stereocenters. The summed E-state index contributed by atoms with van der Waals surface area (Å²) >= 11 is 0. The summed E-state index contributed by atoms with van der Waals surface area (Å²) in [6.45, 7) is 10.6. The number of nitriles is 1. The Labute approximate surface area is 166 Å². The van der Waals surface area contributed by atoms with Gasteiger partial charge in [0.15, 0.2) is 0 Å². The van der Waals surface area contributed by atoms with Gasteiger partial charge in [0.1, 0.15) is 11.9 Å². The lowest BCUT2D eigenvalue weighted by Crippen LogP contribution is -2.44. The Hall–Kier alpha value is -2.88. The van der Waals surface area contributed by atoms with E-state index in [0.29, 0.717) is 24.2 Å². The van der Waals surface area contributed by atoms with E-state index in [-0.39, 0.29) is 23.4 Å². The Bertz CT molecular complexity index is 910. The first-order valence-corrected chi connectivity index (χ1v) is 9.54. The van der Waals surface area contributed by atoms with Crippen LogP contribution in [0.4, 0.5) is 5.82 Å². The molecule has 1 amide bonds. The van der Waals surface area contributed by atoms with Crippen LogP contribution in [0.2, 0.25) is 0 Å². The monoisotopic (exact) mass is 380 g/mol. The van der Waals surface area contributed by atoms with Crippen LogP contribution in [0.3, 0.4) is 0 Å². The van der Waals surface area contributed by atoms with Gasteiger partial charge in [-0.1, -0.05) is 0 Å². The highest BCUT2D eigenvalue weighted by Gasteiger charge is 2.45. The van der Waals surface area contributed by atoms with Crippen molar-refractivity contribution in [3.63, 3.8) is 0 Å². The number of likely N-dealkylation sites (tertiary alicyclic amines) is 1. The van der Waals surface area contributed by atoms with Crippen LogP contribution < -0.4 is 5.32 Å². The number of aromatic nitrogens is 3. The van der Waals surface area contributed by atoms with Gasteiger partial charge < -0.3 is 10.2 Å². The number of nitrogens with zero attached hydrogens (tertiary/aromatic N) is 5. The topological polar surface area (TPSA) is 86.8 Å². The molecule has 2 aromatic rings. The van der Waals surface area contributed by atoms with Crippen molar-refractivity contribution in [2.45, 2.75) is 52.6 Å². The normalized spacial score (nSPS) is 19.8. The maximum Gasteiger partial charge on any atom is 0.223 e. The van der Waals surface area contributed by atoms with E-state index in [1.165, 1.54) is 0 Å². The molecule has 0 aliphatic carbocycles. The first kappa shape index (κ1) is 19.9. The molecular formula is C21H28N6O. The fraction of sp³-hybridized carbons (Fsp3) is 0.524. The summed E-state index contributed by atoms with van der Waals surface area (Å²) in [5.41, 5.74) is 3.02. The van der Waals surface area contributed by atoms with Crippen molar-refractivity contribution in [2.75, 3.05) is 11.9 Å². The summed E-state index contributed by atoms with van der Waals surface area (Å²) in [7, 11) is 1.89. The molecule has 1 N–H and O–H groups in total. The fourth-order valence-corrected chi connectivity index (χ4v) is 4.12. The van der Waals surface area contributed by atoms with Gasteiger partial charge in [0, 0.05) is 43.2 Å². The summed E-state index contributed by atoms with van der Waals surface area (Å²) in [4.78, 5) is 19.3. The van der Waals surface area contributed by atoms with Crippen molar-refractivity contribution in [3.8, 4) is 6.07 Å². The molecule has 3 rings (SSSR count). The molecular weight excluding hydrogens is 352 g/mol. The van der Waals surface area contributed by atoms with Gasteiger partial charge in [-0.3, -0.25) is 9.48 Å². The molecule has 1 aliphatic heterocycles. The van der Waals surface area contributed by atoms with Crippen LogP contribution in [0.25, 0.3) is 0 Å². The number of hydrogen-bond acceptors (Lipinski definition) is 5. The molecule has 0 unspecified atom stereocenters. The first-order chi connectivity index (χ1) is 13.1. The van der Waals surface area contributed by atoms with Crippen LogP contribution in [0.5, 0.6) is 0 Å². The zero-order valence-electron chi connectivity index (χ0n) is 17.4. The maximum atomic E-state index is 12.8. The third kappa shape index (κ3) is 3.72. The molecule has 0 bridgehead atoms. The minimum Gasteiger partial charge on any atom is -0.370 e. The summed E-state index contributed by atoms with van der Waals surface area (Å²) in [6, 6.07) is 4.05. The Kier molecular flexibility index (Phi) is 5.16. The molecule has 148 valence electrons. The molecule has 1 fully saturated rings. The molecule has 1 aliphatic rings. The van der Waals surface area contributed by atoms with Gasteiger partial charge in [-0.2, -0.15) is 10.4 Å². The third-order valence-electron chi connectivity index (χ3n) is 5.27. The summed E-state index contributed by atoms with van der Waals surface area (Å²) < 4.78 is 1.78. The summed E-state index contributed by atoms with van der Waals surface area (Å²) in [5, 5.41) is 16.9. The molecule has 0 radical (unpaired) electrons. The zero-order chi connectivity index (χ0) is 20.6. The van der Waals surface area contributed by atoms with Gasteiger partial charge in [0.2, 0.25) is 5.91 Å². The second-order valence-corrected chi connectivity index (χ2v) is 8.57. The van der Waals surface area contributed by atoms with E-state index >= 15 is 0 Å². The standard InChI is InChI=1S/C21H28N6O/c1-13-7-18(25-14(2)17(13)9-22)23-10-15-8-19(28)27(21(3,4)5)20(15)16-11-24-26(6)12-16/h7,11-12,15,20H,8,10H2,1-6H3,(H,23,25)/t15-,20+/m0/s1. The van der Waals surface area contributed by atoms with Crippen molar-refractivity contribution in [2.24, 2.45) is 13.0 Å². The van der Waals surface area contributed by atoms with Crippen LogP contribution in [0.15, 0.2) is 18.5 Å². The maximum absolute atomic E-state index is 12.8. The van der Waals surface area contributed by atoms with E-state index in [4.69, 9.17) is 0 Å². The SMILES string of the molecule is Cc1cc(NC[C@@H]2CC(=O)N(C(C)(C)C)[C@H]2c2cnn(C)c2)nc(C)c1C#N. The van der Waals surface area contributed by atoms with Crippen molar-refractivity contribution < 1.29 is 4.79 Å². The van der Waals surface area contributed by atoms with Gasteiger partial charge in [-0.05, 0) is 46.2 Å². The van der Waals surface area contributed by atoms with E-state index in [2.05, 4.69) is 42.2 Å². The second kappa shape index (κ2) is 7.27. The largest absolute Gasteiger partial charge is 0.370 e. The number of pyridine rings is 1. The Morgan fingerprint density at radius 3 is 2.61 bits per heavy atom. The second-order valence-electron chi connectivity index (χ2n) is 8.57. The van der Waals surface area contributed by atoms with E-state index in [0.717, 1.165) is 16.9 Å². The molecule has 0 spiro atoms. The zero-order valence-corrected chi connectivity index (χ0v) is 17.4. The predicted molar refractivity (Wildman–Crippen MR) is 108 cm³/mol. The minimum atomic E-state index is -0.272. The lowest BCUT2D eigenvalue weighted by Gasteiger charge is -2.38. The Morgan fingerprint density at radius 1 is 1.36 bits per heavy atom. The average molecular weight is 380 g/mol. The summed E-state index contributed by atoms with van der Waals surface area (Å²) in [5.74, 6) is 1.00. The molecule has 7 nitrogen and oxygen atoms in total. The van der Waals surface area contributed by atoms with Crippen molar-refractivity contribution in [1.82, 2.24) is 19.7 Å². The lowest BCUT2D eigenvalue weighted by molar-refractivity contribution is -0.133. The number of amides is 1. The van der Waals surface area contributed by atoms with Crippen molar-refractivity contribution in [1.29, 1.82) is 5.26 Å². The van der Waals surface area contributed by atoms with Crippen LogP contribution >= 0.6 is 0 Å². The highest BCUT2D eigenvalue weighted by Crippen LogP contribution is 2.42. The Morgan fingerprint density at radius 2 is 2.07 bits per heavy atom. The van der Waals surface area contributed by atoms with Gasteiger partial charge in [-0.25, -0.2) is 4.98 Å². The molecule has 7 heteroatoms. The summed E-state index contributed by atoms with van der Waals surface area (Å²) in [6.07, 6.45) is 4.32. The Balaban J connectivity index is 1.86. The molecule has 0 aromatic carbocycles. The van der Waals surface area contributed by atoms with E-state index in [1.54, 1.807) is 4.68 Å². The molecule has 0 saturated carbocycles. The van der Waals surface area contributed by atoms with E-state index in [1.807, 2.05) is 44.3 Å². The molecule has 2 aromatic heterocycles. The van der Waals surface area contributed by atoms with Crippen LogP contribution in [-0.2, 0) is 11.8 Å². The van der Waals surface area contributed by atoms with Gasteiger partial charge in [-0.15, -0.1) is 0 Å². The van der Waals surface area contributed by atoms with Crippen LogP contribution in [0.1, 0.15) is 55.6 Å². The molecule has 28 heavy (non-hydrogen) atoms. The van der Waals surface area contributed by atoms with Gasteiger partial charge >= 0.3 is 0 Å². The van der Waals surface area contributed by atoms with Gasteiger partial charge in [0.05, 0.1) is 23.5 Å².